The van der Waals surface area contributed by atoms with Gasteiger partial charge in [0.05, 0.1) is 26.1 Å². The molecule has 2 aromatic rings. The molecule has 190 valence electrons. The maximum atomic E-state index is 13.1. The van der Waals surface area contributed by atoms with Gasteiger partial charge in [-0.1, -0.05) is 25.1 Å². The Kier molecular flexibility index (Phi) is 7.40. The van der Waals surface area contributed by atoms with Crippen molar-refractivity contribution >= 4 is 21.6 Å². The molecule has 0 aliphatic carbocycles. The van der Waals surface area contributed by atoms with E-state index in [1.165, 1.54) is 0 Å². The molecule has 0 spiro atoms. The van der Waals surface area contributed by atoms with Crippen LogP contribution < -0.4 is 19.5 Å². The van der Waals surface area contributed by atoms with Crippen LogP contribution in [0, 0.1) is 25.7 Å². The predicted molar refractivity (Wildman–Crippen MR) is 136 cm³/mol. The van der Waals surface area contributed by atoms with Crippen molar-refractivity contribution in [1.29, 1.82) is 0 Å². The molecule has 0 aromatic heterocycles. The van der Waals surface area contributed by atoms with Crippen LogP contribution in [-0.4, -0.2) is 52.7 Å². The fraction of sp³-hybridized carbons (Fsp3) is 0.500. The van der Waals surface area contributed by atoms with E-state index in [0.717, 1.165) is 16.7 Å². The molecular formula is C26H35N3O5S. The molecule has 1 amide bonds. The molecule has 4 rings (SSSR count). The number of rotatable bonds is 6. The molecule has 2 fully saturated rings. The standard InChI is InChI=1S/C26H35N3O5S/c1-16-6-7-20(14-17(16)2)24-18(3)25(28-35(24,31)32)29-12-10-19(11-13-29)26(30)27-22-9-8-21(33-4)15-23(22)34-5/h6-9,14-15,18-19,24-25,28H,10-13H2,1-5H3,(H,27,30). The lowest BCUT2D eigenvalue weighted by Gasteiger charge is -2.37. The summed E-state index contributed by atoms with van der Waals surface area (Å²) in [6, 6.07) is 11.2. The molecule has 2 saturated heterocycles. The summed E-state index contributed by atoms with van der Waals surface area (Å²) in [5.74, 6) is 0.876. The zero-order chi connectivity index (χ0) is 25.3. The number of nitrogens with zero attached hydrogens (tertiary/aromatic N) is 1. The fourth-order valence-corrected chi connectivity index (χ4v) is 7.27. The first-order valence-electron chi connectivity index (χ1n) is 12.0. The summed E-state index contributed by atoms with van der Waals surface area (Å²) in [6.07, 6.45) is 1.03. The van der Waals surface area contributed by atoms with Gasteiger partial charge in [-0.2, -0.15) is 4.72 Å². The first kappa shape index (κ1) is 25.5. The highest BCUT2D eigenvalue weighted by atomic mass is 32.2. The van der Waals surface area contributed by atoms with Crippen molar-refractivity contribution in [2.45, 2.75) is 45.0 Å². The van der Waals surface area contributed by atoms with E-state index in [1.54, 1.807) is 32.4 Å². The van der Waals surface area contributed by atoms with Gasteiger partial charge in [0.2, 0.25) is 15.9 Å². The molecule has 0 radical (unpaired) electrons. The third-order valence-electron chi connectivity index (χ3n) is 7.41. The van der Waals surface area contributed by atoms with Crippen molar-refractivity contribution in [1.82, 2.24) is 9.62 Å². The third-order valence-corrected chi connectivity index (χ3v) is 9.35. The van der Waals surface area contributed by atoms with Crippen molar-refractivity contribution in [3.8, 4) is 11.5 Å². The topological polar surface area (TPSA) is 97.0 Å². The number of likely N-dealkylation sites (tertiary alicyclic amines) is 1. The highest BCUT2D eigenvalue weighted by Crippen LogP contribution is 2.40. The normalized spacial score (nSPS) is 24.8. The SMILES string of the molecule is COc1ccc(NC(=O)C2CCN(C3NS(=O)(=O)C(c4ccc(C)c(C)c4)C3C)CC2)c(OC)c1. The Bertz CT molecular complexity index is 1190. The van der Waals surface area contributed by atoms with E-state index in [4.69, 9.17) is 9.47 Å². The average Bonchev–Trinajstić information content (AvgIpc) is 3.09. The van der Waals surface area contributed by atoms with Gasteiger partial charge in [0.25, 0.3) is 0 Å². The first-order chi connectivity index (χ1) is 16.6. The monoisotopic (exact) mass is 501 g/mol. The van der Waals surface area contributed by atoms with Gasteiger partial charge in [0, 0.05) is 31.0 Å². The van der Waals surface area contributed by atoms with Crippen LogP contribution in [0.4, 0.5) is 5.69 Å². The Morgan fingerprint density at radius 2 is 1.74 bits per heavy atom. The fourth-order valence-electron chi connectivity index (χ4n) is 5.20. The minimum absolute atomic E-state index is 0.0545. The van der Waals surface area contributed by atoms with Crippen molar-refractivity contribution in [2.75, 3.05) is 32.6 Å². The van der Waals surface area contributed by atoms with E-state index in [9.17, 15) is 13.2 Å². The zero-order valence-electron chi connectivity index (χ0n) is 21.0. The maximum Gasteiger partial charge on any atom is 0.227 e. The largest absolute Gasteiger partial charge is 0.497 e. The number of nitrogens with one attached hydrogen (secondary N) is 2. The van der Waals surface area contributed by atoms with Gasteiger partial charge in [-0.3, -0.25) is 9.69 Å². The summed E-state index contributed by atoms with van der Waals surface area (Å²) in [5, 5.41) is 2.39. The molecule has 9 heteroatoms. The number of carbonyl (C=O) groups is 1. The lowest BCUT2D eigenvalue weighted by Crippen LogP contribution is -2.50. The summed E-state index contributed by atoms with van der Waals surface area (Å²) in [6.45, 7) is 7.33. The van der Waals surface area contributed by atoms with Gasteiger partial charge in [-0.25, -0.2) is 8.42 Å². The minimum atomic E-state index is -3.50. The maximum absolute atomic E-state index is 13.1. The quantitative estimate of drug-likeness (QED) is 0.628. The summed E-state index contributed by atoms with van der Waals surface area (Å²) in [5.41, 5.74) is 3.68. The second kappa shape index (κ2) is 10.2. The van der Waals surface area contributed by atoms with Gasteiger partial charge in [-0.15, -0.1) is 0 Å². The van der Waals surface area contributed by atoms with Crippen molar-refractivity contribution < 1.29 is 22.7 Å². The van der Waals surface area contributed by atoms with Gasteiger partial charge in [0.15, 0.2) is 0 Å². The summed E-state index contributed by atoms with van der Waals surface area (Å²) < 4.78 is 39.7. The zero-order valence-corrected chi connectivity index (χ0v) is 21.8. The van der Waals surface area contributed by atoms with Gasteiger partial charge >= 0.3 is 0 Å². The second-order valence-corrected chi connectivity index (χ2v) is 11.4. The van der Waals surface area contributed by atoms with Crippen LogP contribution in [0.1, 0.15) is 41.7 Å². The molecule has 2 heterocycles. The van der Waals surface area contributed by atoms with Crippen LogP contribution in [0.15, 0.2) is 36.4 Å². The number of hydrogen-bond donors (Lipinski definition) is 2. The van der Waals surface area contributed by atoms with Crippen LogP contribution in [0.25, 0.3) is 0 Å². The number of anilines is 1. The molecule has 0 saturated carbocycles. The number of methoxy groups -OCH3 is 2. The molecule has 0 bridgehead atoms. The third kappa shape index (κ3) is 5.17. The van der Waals surface area contributed by atoms with Crippen molar-refractivity contribution in [3.63, 3.8) is 0 Å². The van der Waals surface area contributed by atoms with Crippen LogP contribution in [0.2, 0.25) is 0 Å². The minimum Gasteiger partial charge on any atom is -0.497 e. The number of aryl methyl sites for hydroxylation is 2. The molecule has 3 atom stereocenters. The molecular weight excluding hydrogens is 466 g/mol. The molecule has 3 unspecified atom stereocenters. The van der Waals surface area contributed by atoms with E-state index in [0.29, 0.717) is 43.1 Å². The molecule has 8 nitrogen and oxygen atoms in total. The number of hydrogen-bond acceptors (Lipinski definition) is 6. The number of sulfonamides is 1. The Balaban J connectivity index is 1.40. The van der Waals surface area contributed by atoms with Crippen molar-refractivity contribution in [3.05, 3.63) is 53.1 Å². The molecule has 2 aromatic carbocycles. The number of ether oxygens (including phenoxy) is 2. The Morgan fingerprint density at radius 3 is 2.37 bits per heavy atom. The Morgan fingerprint density at radius 1 is 1.03 bits per heavy atom. The van der Waals surface area contributed by atoms with Crippen LogP contribution >= 0.6 is 0 Å². The molecule has 2 aliphatic rings. The number of benzene rings is 2. The van der Waals surface area contributed by atoms with E-state index in [-0.39, 0.29) is 23.9 Å². The second-order valence-electron chi connectivity index (χ2n) is 9.60. The number of piperidine rings is 1. The Hall–Kier alpha value is -2.62. The average molecular weight is 502 g/mol. The van der Waals surface area contributed by atoms with Crippen LogP contribution in [0.5, 0.6) is 11.5 Å². The Labute approximate surface area is 208 Å². The molecule has 2 N–H and O–H groups in total. The number of carbonyl (C=O) groups excluding carboxylic acids is 1. The van der Waals surface area contributed by atoms with Gasteiger partial charge in [-0.05, 0) is 55.5 Å². The molecule has 2 aliphatic heterocycles. The summed E-state index contributed by atoms with van der Waals surface area (Å²) in [7, 11) is -0.364. The van der Waals surface area contributed by atoms with Gasteiger partial charge < -0.3 is 14.8 Å². The predicted octanol–water partition coefficient (Wildman–Crippen LogP) is 3.61. The van der Waals surface area contributed by atoms with Gasteiger partial charge in [0.1, 0.15) is 16.7 Å². The van der Waals surface area contributed by atoms with Crippen molar-refractivity contribution in [2.24, 2.45) is 11.8 Å². The molecule has 35 heavy (non-hydrogen) atoms. The van der Waals surface area contributed by atoms with E-state index < -0.39 is 15.3 Å². The first-order valence-corrected chi connectivity index (χ1v) is 13.5. The lowest BCUT2D eigenvalue weighted by atomic mass is 9.91. The summed E-state index contributed by atoms with van der Waals surface area (Å²) in [4.78, 5) is 15.1. The van der Waals surface area contributed by atoms with E-state index in [2.05, 4.69) is 14.9 Å². The van der Waals surface area contributed by atoms with Crippen LogP contribution in [0.3, 0.4) is 0 Å². The van der Waals surface area contributed by atoms with E-state index in [1.807, 2.05) is 39.0 Å². The highest BCUT2D eigenvalue weighted by molar-refractivity contribution is 7.90. The van der Waals surface area contributed by atoms with E-state index >= 15 is 0 Å². The summed E-state index contributed by atoms with van der Waals surface area (Å²) >= 11 is 0. The highest BCUT2D eigenvalue weighted by Gasteiger charge is 2.48. The number of amides is 1. The lowest BCUT2D eigenvalue weighted by molar-refractivity contribution is -0.121. The smallest absolute Gasteiger partial charge is 0.227 e. The van der Waals surface area contributed by atoms with Crippen LogP contribution in [-0.2, 0) is 14.8 Å².